The summed E-state index contributed by atoms with van der Waals surface area (Å²) in [6, 6.07) is 14.9. The Hall–Kier alpha value is -2.55. The lowest BCUT2D eigenvalue weighted by Gasteiger charge is -2.05. The number of ether oxygens (including phenoxy) is 1. The Balaban J connectivity index is 2.30. The summed E-state index contributed by atoms with van der Waals surface area (Å²) in [4.78, 5) is 11.9. The number of nitrogens with two attached hydrogens (primary N) is 1. The molecule has 0 bridgehead atoms. The minimum atomic E-state index is -0.311. The number of hydrogen-bond acceptors (Lipinski definition) is 3. The fourth-order valence-corrected chi connectivity index (χ4v) is 1.88. The monoisotopic (exact) mass is 267 g/mol. The highest BCUT2D eigenvalue weighted by molar-refractivity contribution is 5.95. The highest BCUT2D eigenvalue weighted by Gasteiger charge is 2.09. The Kier molecular flexibility index (Phi) is 4.56. The molecule has 0 aromatic heterocycles. The molecule has 3 heteroatoms. The normalized spacial score (nSPS) is 10.7. The zero-order valence-corrected chi connectivity index (χ0v) is 11.4. The van der Waals surface area contributed by atoms with Gasteiger partial charge in [0, 0.05) is 5.69 Å². The molecule has 0 spiro atoms. The average Bonchev–Trinajstić information content (AvgIpc) is 2.47. The minimum absolute atomic E-state index is 0.311. The third-order valence-corrected chi connectivity index (χ3v) is 2.89. The number of carbonyl (C=O) groups is 1. The number of benzene rings is 2. The van der Waals surface area contributed by atoms with Crippen molar-refractivity contribution in [1.82, 2.24) is 0 Å². The lowest BCUT2D eigenvalue weighted by Crippen LogP contribution is -2.06. The second kappa shape index (κ2) is 6.57. The fraction of sp³-hybridized carbons (Fsp3) is 0.118. The number of esters is 1. The van der Waals surface area contributed by atoms with E-state index in [9.17, 15) is 4.79 Å². The number of anilines is 1. The van der Waals surface area contributed by atoms with Crippen LogP contribution in [0, 0.1) is 0 Å². The van der Waals surface area contributed by atoms with Crippen molar-refractivity contribution in [1.29, 1.82) is 0 Å². The van der Waals surface area contributed by atoms with Crippen LogP contribution in [-0.4, -0.2) is 12.6 Å². The summed E-state index contributed by atoms with van der Waals surface area (Å²) in [7, 11) is 0. The maximum absolute atomic E-state index is 11.9. The Morgan fingerprint density at radius 3 is 2.35 bits per heavy atom. The quantitative estimate of drug-likeness (QED) is 0.523. The largest absolute Gasteiger partial charge is 0.462 e. The van der Waals surface area contributed by atoms with Gasteiger partial charge in [-0.15, -0.1) is 0 Å². The Bertz CT molecular complexity index is 632. The number of carbonyl (C=O) groups excluding carboxylic acids is 1. The SMILES string of the molecule is CCOC(=O)c1ccccc1/C=C/c1ccccc1N. The molecule has 0 aliphatic rings. The number of rotatable bonds is 4. The summed E-state index contributed by atoms with van der Waals surface area (Å²) in [6.45, 7) is 2.16. The fourth-order valence-electron chi connectivity index (χ4n) is 1.88. The van der Waals surface area contributed by atoms with Crippen molar-refractivity contribution in [3.63, 3.8) is 0 Å². The first-order valence-corrected chi connectivity index (χ1v) is 6.51. The van der Waals surface area contributed by atoms with E-state index in [1.165, 1.54) is 0 Å². The standard InChI is InChI=1S/C17H17NO2/c1-2-20-17(19)15-9-5-3-7-13(15)11-12-14-8-4-6-10-16(14)18/h3-12H,2,18H2,1H3/b12-11+. The first kappa shape index (κ1) is 13.9. The van der Waals surface area contributed by atoms with Crippen molar-refractivity contribution in [2.75, 3.05) is 12.3 Å². The van der Waals surface area contributed by atoms with E-state index in [4.69, 9.17) is 10.5 Å². The van der Waals surface area contributed by atoms with Crippen molar-refractivity contribution in [3.05, 3.63) is 65.2 Å². The summed E-state index contributed by atoms with van der Waals surface area (Å²) >= 11 is 0. The highest BCUT2D eigenvalue weighted by atomic mass is 16.5. The highest BCUT2D eigenvalue weighted by Crippen LogP contribution is 2.17. The van der Waals surface area contributed by atoms with Gasteiger partial charge in [0.05, 0.1) is 12.2 Å². The lowest BCUT2D eigenvalue weighted by atomic mass is 10.1. The van der Waals surface area contributed by atoms with Gasteiger partial charge in [-0.05, 0) is 30.2 Å². The van der Waals surface area contributed by atoms with Gasteiger partial charge in [0.1, 0.15) is 0 Å². The van der Waals surface area contributed by atoms with Crippen LogP contribution in [-0.2, 0) is 4.74 Å². The first-order valence-electron chi connectivity index (χ1n) is 6.51. The topological polar surface area (TPSA) is 52.3 Å². The molecule has 0 saturated heterocycles. The predicted octanol–water partition coefficient (Wildman–Crippen LogP) is 3.62. The smallest absolute Gasteiger partial charge is 0.338 e. The molecule has 2 N–H and O–H groups in total. The zero-order chi connectivity index (χ0) is 14.4. The summed E-state index contributed by atoms with van der Waals surface area (Å²) in [6.07, 6.45) is 3.77. The van der Waals surface area contributed by atoms with E-state index in [0.29, 0.717) is 17.9 Å². The van der Waals surface area contributed by atoms with Crippen LogP contribution in [0.2, 0.25) is 0 Å². The maximum Gasteiger partial charge on any atom is 0.338 e. The maximum atomic E-state index is 11.9. The van der Waals surface area contributed by atoms with Crippen LogP contribution < -0.4 is 5.73 Å². The molecule has 2 rings (SSSR count). The van der Waals surface area contributed by atoms with Gasteiger partial charge >= 0.3 is 5.97 Å². The third-order valence-electron chi connectivity index (χ3n) is 2.89. The van der Waals surface area contributed by atoms with Gasteiger partial charge in [-0.3, -0.25) is 0 Å². The second-order valence-electron chi connectivity index (χ2n) is 4.27. The van der Waals surface area contributed by atoms with Crippen LogP contribution >= 0.6 is 0 Å². The van der Waals surface area contributed by atoms with Crippen molar-refractivity contribution >= 4 is 23.8 Å². The van der Waals surface area contributed by atoms with Crippen molar-refractivity contribution in [2.45, 2.75) is 6.92 Å². The first-order chi connectivity index (χ1) is 9.72. The minimum Gasteiger partial charge on any atom is -0.462 e. The van der Waals surface area contributed by atoms with Crippen LogP contribution in [0.25, 0.3) is 12.2 Å². The molecule has 0 aliphatic carbocycles. The summed E-state index contributed by atoms with van der Waals surface area (Å²) in [5.74, 6) is -0.311. The van der Waals surface area contributed by atoms with E-state index in [-0.39, 0.29) is 5.97 Å². The third kappa shape index (κ3) is 3.26. The summed E-state index contributed by atoms with van der Waals surface area (Å²) in [5.41, 5.74) is 8.89. The van der Waals surface area contributed by atoms with Crippen molar-refractivity contribution in [2.24, 2.45) is 0 Å². The van der Waals surface area contributed by atoms with Gasteiger partial charge in [-0.25, -0.2) is 4.79 Å². The molecule has 3 nitrogen and oxygen atoms in total. The van der Waals surface area contributed by atoms with Crippen molar-refractivity contribution in [3.8, 4) is 0 Å². The summed E-state index contributed by atoms with van der Waals surface area (Å²) < 4.78 is 5.05. The van der Waals surface area contributed by atoms with Crippen LogP contribution in [0.4, 0.5) is 5.69 Å². The van der Waals surface area contributed by atoms with Crippen molar-refractivity contribution < 1.29 is 9.53 Å². The molecule has 0 amide bonds. The molecule has 0 aliphatic heterocycles. The number of nitrogen functional groups attached to an aromatic ring is 1. The molecule has 0 saturated carbocycles. The van der Waals surface area contributed by atoms with E-state index < -0.39 is 0 Å². The van der Waals surface area contributed by atoms with Gasteiger partial charge < -0.3 is 10.5 Å². The average molecular weight is 267 g/mol. The second-order valence-corrected chi connectivity index (χ2v) is 4.27. The zero-order valence-electron chi connectivity index (χ0n) is 11.4. The van der Waals surface area contributed by atoms with Gasteiger partial charge in [0.2, 0.25) is 0 Å². The molecule has 20 heavy (non-hydrogen) atoms. The molecule has 102 valence electrons. The van der Waals surface area contributed by atoms with Crippen LogP contribution in [0.1, 0.15) is 28.4 Å². The van der Waals surface area contributed by atoms with E-state index in [1.807, 2.05) is 54.6 Å². The van der Waals surface area contributed by atoms with Gasteiger partial charge in [0.25, 0.3) is 0 Å². The van der Waals surface area contributed by atoms with E-state index >= 15 is 0 Å². The molecule has 0 unspecified atom stereocenters. The predicted molar refractivity (Wildman–Crippen MR) is 82.2 cm³/mol. The molecule has 0 fully saturated rings. The van der Waals surface area contributed by atoms with Crippen LogP contribution in [0.3, 0.4) is 0 Å². The summed E-state index contributed by atoms with van der Waals surface area (Å²) in [5, 5.41) is 0. The van der Waals surface area contributed by atoms with Crippen LogP contribution in [0.15, 0.2) is 48.5 Å². The van der Waals surface area contributed by atoms with Gasteiger partial charge in [-0.2, -0.15) is 0 Å². The number of para-hydroxylation sites is 1. The molecule has 2 aromatic rings. The van der Waals surface area contributed by atoms with Gasteiger partial charge in [0.15, 0.2) is 0 Å². The molecule has 0 radical (unpaired) electrons. The Morgan fingerprint density at radius 1 is 1.05 bits per heavy atom. The van der Waals surface area contributed by atoms with Crippen LogP contribution in [0.5, 0.6) is 0 Å². The number of hydrogen-bond donors (Lipinski definition) is 1. The molecule has 0 atom stereocenters. The van der Waals surface area contributed by atoms with E-state index in [0.717, 1.165) is 11.1 Å². The Morgan fingerprint density at radius 2 is 1.65 bits per heavy atom. The molecule has 2 aromatic carbocycles. The van der Waals surface area contributed by atoms with Gasteiger partial charge in [-0.1, -0.05) is 48.6 Å². The lowest BCUT2D eigenvalue weighted by molar-refractivity contribution is 0.0526. The van der Waals surface area contributed by atoms with E-state index in [2.05, 4.69) is 0 Å². The molecular weight excluding hydrogens is 250 g/mol. The molecular formula is C17H17NO2. The molecule has 0 heterocycles. The van der Waals surface area contributed by atoms with E-state index in [1.54, 1.807) is 13.0 Å². The Labute approximate surface area is 118 Å².